The van der Waals surface area contributed by atoms with Crippen molar-refractivity contribution < 1.29 is 71.1 Å². The van der Waals surface area contributed by atoms with Gasteiger partial charge >= 0.3 is 5.97 Å². The standard InChI is InChI=1S/C40H52N2O15S4/c1-39(21-12-26-58(45,46)47)32-28-30(60(51,52)53)17-19-34(32)42(24-13-27-59(48,49)50)36(39)14-8-5-4-6-9-15-37-40(2,22-25-57-3)33-29-31(61(54,55)56)18-20-35(33)41(37)23-11-7-10-16-38(43)44/h4-6,8-9,14-15,17-20,28-29H,7,10-13,16,21-27H2,1-3H3,(H4-,43,44,45,46,47,48,49,50,51,52,53,54,55,56)/p+1. The number of hydrogen-bond acceptors (Lipinski definition) is 11. The first-order chi connectivity index (χ1) is 28.3. The molecule has 0 saturated heterocycles. The Morgan fingerprint density at radius 1 is 0.721 bits per heavy atom. The first-order valence-electron chi connectivity index (χ1n) is 19.3. The third-order valence-electron chi connectivity index (χ3n) is 10.9. The van der Waals surface area contributed by atoms with Crippen molar-refractivity contribution in [3.05, 3.63) is 95.8 Å². The number of benzene rings is 2. The number of fused-ring (bicyclic) bond motifs is 2. The van der Waals surface area contributed by atoms with Crippen molar-refractivity contribution >= 4 is 63.5 Å². The summed E-state index contributed by atoms with van der Waals surface area (Å²) < 4.78 is 141. The molecule has 336 valence electrons. The van der Waals surface area contributed by atoms with Gasteiger partial charge in [0, 0.05) is 67.6 Å². The first-order valence-corrected chi connectivity index (χ1v) is 25.4. The summed E-state index contributed by atoms with van der Waals surface area (Å²) in [5.74, 6) is -2.04. The fraction of sp³-hybridized carbons (Fsp3) is 0.450. The van der Waals surface area contributed by atoms with Gasteiger partial charge in [-0.2, -0.15) is 38.2 Å². The highest BCUT2D eigenvalue weighted by Crippen LogP contribution is 2.51. The van der Waals surface area contributed by atoms with Gasteiger partial charge in [0.25, 0.3) is 40.5 Å². The van der Waals surface area contributed by atoms with Gasteiger partial charge < -0.3 is 14.7 Å². The molecule has 2 atom stereocenters. The van der Waals surface area contributed by atoms with E-state index in [1.165, 1.54) is 30.3 Å². The lowest BCUT2D eigenvalue weighted by Crippen LogP contribution is -2.32. The second kappa shape index (κ2) is 20.0. The Morgan fingerprint density at radius 3 is 1.92 bits per heavy atom. The molecule has 0 bridgehead atoms. The fourth-order valence-corrected chi connectivity index (χ4v) is 9.94. The molecule has 0 amide bonds. The Kier molecular flexibility index (Phi) is 16.2. The molecule has 2 unspecified atom stereocenters. The van der Waals surface area contributed by atoms with Gasteiger partial charge in [-0.15, -0.1) is 0 Å². The van der Waals surface area contributed by atoms with E-state index in [0.717, 1.165) is 11.4 Å². The quantitative estimate of drug-likeness (QED) is 0.0399. The third-order valence-corrected chi connectivity index (χ3v) is 14.2. The van der Waals surface area contributed by atoms with Gasteiger partial charge in [0.1, 0.15) is 6.54 Å². The Bertz CT molecular complexity index is 2580. The van der Waals surface area contributed by atoms with Crippen LogP contribution in [0.4, 0.5) is 11.4 Å². The fourth-order valence-electron chi connectivity index (χ4n) is 7.92. The number of hydrogen-bond donors (Lipinski definition) is 5. The summed E-state index contributed by atoms with van der Waals surface area (Å²) in [5, 5.41) is 9.09. The second-order valence-corrected chi connectivity index (χ2v) is 21.3. The van der Waals surface area contributed by atoms with Crippen LogP contribution >= 0.6 is 0 Å². The summed E-state index contributed by atoms with van der Waals surface area (Å²) >= 11 is 0. The summed E-state index contributed by atoms with van der Waals surface area (Å²) in [6, 6.07) is 8.33. The van der Waals surface area contributed by atoms with Crippen LogP contribution in [0.25, 0.3) is 0 Å². The number of carboxylic acid groups (broad SMARTS) is 1. The van der Waals surface area contributed by atoms with E-state index in [0.29, 0.717) is 61.4 Å². The number of carbonyl (C=O) groups is 1. The number of anilines is 1. The molecule has 2 aromatic carbocycles. The Balaban J connectivity index is 1.73. The molecular formula is C40H53N2O15S4+. The Labute approximate surface area is 357 Å². The number of rotatable bonds is 23. The smallest absolute Gasteiger partial charge is 0.303 e. The normalized spacial score (nSPS) is 20.5. The second-order valence-electron chi connectivity index (χ2n) is 15.3. The minimum atomic E-state index is -4.66. The zero-order valence-electron chi connectivity index (χ0n) is 34.0. The van der Waals surface area contributed by atoms with Crippen molar-refractivity contribution in [3.63, 3.8) is 0 Å². The number of unbranched alkanes of at least 4 members (excludes halogenated alkanes) is 2. The molecule has 0 spiro atoms. The zero-order valence-corrected chi connectivity index (χ0v) is 37.3. The summed E-state index contributed by atoms with van der Waals surface area (Å²) in [7, 11) is -16.3. The van der Waals surface area contributed by atoms with Crippen LogP contribution in [0.3, 0.4) is 0 Å². The average molecular weight is 930 g/mol. The molecule has 5 N–H and O–H groups in total. The minimum absolute atomic E-state index is 0.0341. The molecular weight excluding hydrogens is 877 g/mol. The van der Waals surface area contributed by atoms with Crippen LogP contribution in [0.5, 0.6) is 0 Å². The van der Waals surface area contributed by atoms with Crippen LogP contribution in [0.15, 0.2) is 94.4 Å². The lowest BCUT2D eigenvalue weighted by atomic mass is 9.76. The van der Waals surface area contributed by atoms with Crippen molar-refractivity contribution in [2.24, 2.45) is 0 Å². The predicted molar refractivity (Wildman–Crippen MR) is 229 cm³/mol. The van der Waals surface area contributed by atoms with Crippen molar-refractivity contribution in [2.45, 2.75) is 85.8 Å². The topological polar surface area (TPSA) is 270 Å². The predicted octanol–water partition coefficient (Wildman–Crippen LogP) is 5.49. The van der Waals surface area contributed by atoms with E-state index in [4.69, 9.17) is 9.84 Å². The van der Waals surface area contributed by atoms with Crippen LogP contribution in [-0.4, -0.2) is 112 Å². The van der Waals surface area contributed by atoms with Crippen LogP contribution in [0.2, 0.25) is 0 Å². The number of methoxy groups -OCH3 is 1. The number of carboxylic acids is 1. The molecule has 4 rings (SSSR count). The highest BCUT2D eigenvalue weighted by molar-refractivity contribution is 7.86. The van der Waals surface area contributed by atoms with E-state index in [1.807, 2.05) is 13.0 Å². The highest BCUT2D eigenvalue weighted by Gasteiger charge is 2.48. The van der Waals surface area contributed by atoms with Crippen LogP contribution in [-0.2, 0) is 60.8 Å². The van der Waals surface area contributed by atoms with E-state index in [2.05, 4.69) is 4.90 Å². The molecule has 2 aromatic rings. The van der Waals surface area contributed by atoms with Crippen LogP contribution in [0, 0.1) is 0 Å². The maximum absolute atomic E-state index is 12.2. The maximum Gasteiger partial charge on any atom is 0.303 e. The molecule has 0 radical (unpaired) electrons. The molecule has 0 aromatic heterocycles. The Morgan fingerprint density at radius 2 is 1.31 bits per heavy atom. The van der Waals surface area contributed by atoms with E-state index in [-0.39, 0.29) is 37.1 Å². The summed E-state index contributed by atoms with van der Waals surface area (Å²) in [4.78, 5) is 12.5. The molecule has 0 aliphatic carbocycles. The van der Waals surface area contributed by atoms with Crippen molar-refractivity contribution in [1.82, 2.24) is 0 Å². The lowest BCUT2D eigenvalue weighted by Gasteiger charge is -2.30. The number of nitrogens with zero attached hydrogens (tertiary/aromatic N) is 2. The lowest BCUT2D eigenvalue weighted by molar-refractivity contribution is -0.437. The molecule has 0 saturated carbocycles. The largest absolute Gasteiger partial charge is 0.481 e. The summed E-state index contributed by atoms with van der Waals surface area (Å²) in [6.45, 7) is 4.56. The van der Waals surface area contributed by atoms with Crippen molar-refractivity contribution in [3.8, 4) is 0 Å². The van der Waals surface area contributed by atoms with Gasteiger partial charge in [0.15, 0.2) is 5.71 Å². The molecule has 61 heavy (non-hydrogen) atoms. The highest BCUT2D eigenvalue weighted by atomic mass is 32.2. The van der Waals surface area contributed by atoms with Crippen molar-refractivity contribution in [2.75, 3.05) is 43.2 Å². The average Bonchev–Trinajstić information content (AvgIpc) is 3.51. The van der Waals surface area contributed by atoms with Gasteiger partial charge in [-0.25, -0.2) is 0 Å². The molecule has 2 aliphatic heterocycles. The zero-order chi connectivity index (χ0) is 45.4. The van der Waals surface area contributed by atoms with Crippen LogP contribution in [0.1, 0.15) is 76.3 Å². The van der Waals surface area contributed by atoms with E-state index in [9.17, 15) is 56.7 Å². The minimum Gasteiger partial charge on any atom is -0.481 e. The summed E-state index contributed by atoms with van der Waals surface area (Å²) in [6.07, 6.45) is 14.5. The molecule has 2 heterocycles. The number of ether oxygens (including phenoxy) is 1. The van der Waals surface area contributed by atoms with E-state index < -0.39 is 73.7 Å². The summed E-state index contributed by atoms with van der Waals surface area (Å²) in [5.41, 5.74) is 1.76. The van der Waals surface area contributed by atoms with Gasteiger partial charge in [-0.1, -0.05) is 36.8 Å². The molecule has 17 nitrogen and oxygen atoms in total. The maximum atomic E-state index is 12.2. The Hall–Kier alpha value is -4.06. The van der Waals surface area contributed by atoms with Gasteiger partial charge in [-0.3, -0.25) is 23.0 Å². The van der Waals surface area contributed by atoms with Gasteiger partial charge in [0.2, 0.25) is 5.69 Å². The number of aliphatic carboxylic acids is 1. The van der Waals surface area contributed by atoms with Crippen LogP contribution < -0.4 is 4.90 Å². The van der Waals surface area contributed by atoms with Gasteiger partial charge in [-0.05, 0) is 87.9 Å². The van der Waals surface area contributed by atoms with Gasteiger partial charge in [0.05, 0.1) is 26.7 Å². The molecule has 2 aliphatic rings. The van der Waals surface area contributed by atoms with E-state index in [1.54, 1.807) is 61.1 Å². The number of allylic oxidation sites excluding steroid dienone is 8. The third kappa shape index (κ3) is 13.0. The molecule has 21 heteroatoms. The monoisotopic (exact) mass is 929 g/mol. The molecule has 0 fully saturated rings. The first kappa shape index (κ1) is 49.6. The van der Waals surface area contributed by atoms with E-state index >= 15 is 0 Å². The van der Waals surface area contributed by atoms with Crippen molar-refractivity contribution in [1.29, 1.82) is 0 Å². The SMILES string of the molecule is COCCC1(C)\C(=C/C=C/C=C/C=C/C2=[N+](CCCS(=O)(=O)O)c3ccc(S(=O)(=O)O)cc3C2(C)CCCS(=O)(=O)O)N(CCCCCC(=O)O)c2ccc(S(=O)(=O)O)cc21.